The standard InChI is InChI=1S/C11H13ClO3/c1-8-4-9(6-10(12)5-8)7-15-3-2-11(13)14/h4-6H,2-3,7H2,1H3,(H,13,14). The molecule has 0 atom stereocenters. The van der Waals surface area contributed by atoms with Crippen LogP contribution >= 0.6 is 11.6 Å². The minimum Gasteiger partial charge on any atom is -0.481 e. The Balaban J connectivity index is 2.40. The lowest BCUT2D eigenvalue weighted by Crippen LogP contribution is -2.02. The SMILES string of the molecule is Cc1cc(Cl)cc(COCCC(=O)O)c1. The van der Waals surface area contributed by atoms with E-state index in [1.807, 2.05) is 25.1 Å². The van der Waals surface area contributed by atoms with E-state index in [2.05, 4.69) is 0 Å². The highest BCUT2D eigenvalue weighted by atomic mass is 35.5. The maximum absolute atomic E-state index is 10.2. The van der Waals surface area contributed by atoms with Crippen LogP contribution in [0.3, 0.4) is 0 Å². The second-order valence-electron chi connectivity index (χ2n) is 3.33. The number of aryl methyl sites for hydroxylation is 1. The Morgan fingerprint density at radius 3 is 2.80 bits per heavy atom. The molecule has 4 heteroatoms. The summed E-state index contributed by atoms with van der Waals surface area (Å²) in [6.45, 7) is 2.57. The van der Waals surface area contributed by atoms with E-state index < -0.39 is 5.97 Å². The number of carbonyl (C=O) groups is 1. The first-order valence-corrected chi connectivity index (χ1v) is 5.01. The van der Waals surface area contributed by atoms with Crippen LogP contribution < -0.4 is 0 Å². The van der Waals surface area contributed by atoms with E-state index in [0.29, 0.717) is 11.6 Å². The maximum atomic E-state index is 10.2. The van der Waals surface area contributed by atoms with Crippen LogP contribution in [0, 0.1) is 6.92 Å². The Hall–Kier alpha value is -1.06. The lowest BCUT2D eigenvalue weighted by Gasteiger charge is -2.04. The summed E-state index contributed by atoms with van der Waals surface area (Å²) in [6, 6.07) is 5.64. The number of halogens is 1. The summed E-state index contributed by atoms with van der Waals surface area (Å²) in [4.78, 5) is 10.2. The molecule has 0 aliphatic carbocycles. The third-order valence-corrected chi connectivity index (χ3v) is 2.05. The monoisotopic (exact) mass is 228 g/mol. The van der Waals surface area contributed by atoms with Gasteiger partial charge < -0.3 is 9.84 Å². The largest absolute Gasteiger partial charge is 0.481 e. The molecule has 15 heavy (non-hydrogen) atoms. The molecule has 0 aromatic heterocycles. The third-order valence-electron chi connectivity index (χ3n) is 1.83. The highest BCUT2D eigenvalue weighted by molar-refractivity contribution is 6.30. The smallest absolute Gasteiger partial charge is 0.305 e. The van der Waals surface area contributed by atoms with Gasteiger partial charge in [0.25, 0.3) is 0 Å². The van der Waals surface area contributed by atoms with E-state index in [9.17, 15) is 4.79 Å². The van der Waals surface area contributed by atoms with Gasteiger partial charge in [0.1, 0.15) is 0 Å². The van der Waals surface area contributed by atoms with Gasteiger partial charge in [-0.3, -0.25) is 4.79 Å². The van der Waals surface area contributed by atoms with Crippen LogP contribution in [-0.4, -0.2) is 17.7 Å². The second kappa shape index (κ2) is 5.73. The number of ether oxygens (including phenoxy) is 1. The fraction of sp³-hybridized carbons (Fsp3) is 0.364. The molecule has 82 valence electrons. The van der Waals surface area contributed by atoms with E-state index in [-0.39, 0.29) is 13.0 Å². The van der Waals surface area contributed by atoms with E-state index >= 15 is 0 Å². The molecule has 0 saturated heterocycles. The molecule has 0 unspecified atom stereocenters. The Bertz CT molecular complexity index is 329. The topological polar surface area (TPSA) is 46.5 Å². The van der Waals surface area contributed by atoms with Gasteiger partial charge in [-0.25, -0.2) is 0 Å². The van der Waals surface area contributed by atoms with Crippen LogP contribution in [0.5, 0.6) is 0 Å². The van der Waals surface area contributed by atoms with Crippen molar-refractivity contribution in [1.82, 2.24) is 0 Å². The van der Waals surface area contributed by atoms with Gasteiger partial charge >= 0.3 is 5.97 Å². The molecule has 1 aromatic rings. The summed E-state index contributed by atoms with van der Waals surface area (Å²) in [5, 5.41) is 9.07. The van der Waals surface area contributed by atoms with Gasteiger partial charge in [-0.1, -0.05) is 17.7 Å². The predicted molar refractivity (Wildman–Crippen MR) is 58.1 cm³/mol. The zero-order chi connectivity index (χ0) is 11.3. The average Bonchev–Trinajstić information content (AvgIpc) is 2.10. The first-order valence-electron chi connectivity index (χ1n) is 4.63. The van der Waals surface area contributed by atoms with Gasteiger partial charge in [-0.15, -0.1) is 0 Å². The van der Waals surface area contributed by atoms with Crippen molar-refractivity contribution >= 4 is 17.6 Å². The van der Waals surface area contributed by atoms with Crippen LogP contribution in [0.2, 0.25) is 5.02 Å². The molecule has 0 aliphatic rings. The third kappa shape index (κ3) is 4.81. The Labute approximate surface area is 93.6 Å². The van der Waals surface area contributed by atoms with E-state index in [1.165, 1.54) is 0 Å². The van der Waals surface area contributed by atoms with Gasteiger partial charge in [0, 0.05) is 5.02 Å². The van der Waals surface area contributed by atoms with Crippen molar-refractivity contribution in [1.29, 1.82) is 0 Å². The molecular formula is C11H13ClO3. The van der Waals surface area contributed by atoms with Crippen molar-refractivity contribution in [3.05, 3.63) is 34.3 Å². The fourth-order valence-electron chi connectivity index (χ4n) is 1.24. The van der Waals surface area contributed by atoms with Crippen LogP contribution in [-0.2, 0) is 16.1 Å². The molecule has 1 N–H and O–H groups in total. The molecule has 0 spiro atoms. The maximum Gasteiger partial charge on any atom is 0.305 e. The van der Waals surface area contributed by atoms with Crippen molar-refractivity contribution in [2.45, 2.75) is 20.0 Å². The van der Waals surface area contributed by atoms with E-state index in [4.69, 9.17) is 21.4 Å². The highest BCUT2D eigenvalue weighted by Gasteiger charge is 1.99. The molecule has 3 nitrogen and oxygen atoms in total. The van der Waals surface area contributed by atoms with Crippen LogP contribution in [0.25, 0.3) is 0 Å². The Morgan fingerprint density at radius 1 is 1.47 bits per heavy atom. The number of rotatable bonds is 5. The first kappa shape index (κ1) is 12.0. The number of hydrogen-bond acceptors (Lipinski definition) is 2. The van der Waals surface area contributed by atoms with E-state index in [0.717, 1.165) is 11.1 Å². The normalized spacial score (nSPS) is 10.3. The van der Waals surface area contributed by atoms with Crippen molar-refractivity contribution in [3.63, 3.8) is 0 Å². The Morgan fingerprint density at radius 2 is 2.20 bits per heavy atom. The molecule has 0 heterocycles. The molecule has 0 amide bonds. The van der Waals surface area contributed by atoms with Gasteiger partial charge in [0.15, 0.2) is 0 Å². The second-order valence-corrected chi connectivity index (χ2v) is 3.77. The van der Waals surface area contributed by atoms with Gasteiger partial charge in [-0.05, 0) is 30.2 Å². The Kier molecular flexibility index (Phi) is 4.59. The van der Waals surface area contributed by atoms with Crippen molar-refractivity contribution in [2.24, 2.45) is 0 Å². The molecule has 0 saturated carbocycles. The van der Waals surface area contributed by atoms with Crippen LogP contribution in [0.1, 0.15) is 17.5 Å². The summed E-state index contributed by atoms with van der Waals surface area (Å²) >= 11 is 5.86. The number of benzene rings is 1. The molecule has 0 bridgehead atoms. The van der Waals surface area contributed by atoms with E-state index in [1.54, 1.807) is 0 Å². The molecule has 0 radical (unpaired) electrons. The number of aliphatic carboxylic acids is 1. The lowest BCUT2D eigenvalue weighted by atomic mass is 10.1. The van der Waals surface area contributed by atoms with Crippen molar-refractivity contribution in [2.75, 3.05) is 6.61 Å². The van der Waals surface area contributed by atoms with Crippen LogP contribution in [0.4, 0.5) is 0 Å². The summed E-state index contributed by atoms with van der Waals surface area (Å²) < 4.78 is 5.20. The van der Waals surface area contributed by atoms with Gasteiger partial charge in [0.2, 0.25) is 0 Å². The van der Waals surface area contributed by atoms with Crippen LogP contribution in [0.15, 0.2) is 18.2 Å². The average molecular weight is 229 g/mol. The lowest BCUT2D eigenvalue weighted by molar-refractivity contribution is -0.138. The minimum absolute atomic E-state index is 0.0273. The molecule has 0 fully saturated rings. The quantitative estimate of drug-likeness (QED) is 0.789. The zero-order valence-corrected chi connectivity index (χ0v) is 9.25. The summed E-state index contributed by atoms with van der Waals surface area (Å²) in [6.07, 6.45) is 0.0273. The minimum atomic E-state index is -0.850. The van der Waals surface area contributed by atoms with Gasteiger partial charge in [0.05, 0.1) is 19.6 Å². The molecule has 1 rings (SSSR count). The molecular weight excluding hydrogens is 216 g/mol. The highest BCUT2D eigenvalue weighted by Crippen LogP contribution is 2.15. The summed E-state index contributed by atoms with van der Waals surface area (Å²) in [5.41, 5.74) is 2.03. The first-order chi connectivity index (χ1) is 7.08. The van der Waals surface area contributed by atoms with Gasteiger partial charge in [-0.2, -0.15) is 0 Å². The number of hydrogen-bond donors (Lipinski definition) is 1. The predicted octanol–water partition coefficient (Wildman–Crippen LogP) is 2.64. The van der Waals surface area contributed by atoms with Crippen molar-refractivity contribution < 1.29 is 14.6 Å². The fourth-order valence-corrected chi connectivity index (χ4v) is 1.56. The summed E-state index contributed by atoms with van der Waals surface area (Å²) in [5.74, 6) is -0.850. The molecule has 0 aliphatic heterocycles. The number of carboxylic acid groups (broad SMARTS) is 1. The summed E-state index contributed by atoms with van der Waals surface area (Å²) in [7, 11) is 0. The van der Waals surface area contributed by atoms with Crippen molar-refractivity contribution in [3.8, 4) is 0 Å². The molecule has 1 aromatic carbocycles. The number of carboxylic acids is 1. The zero-order valence-electron chi connectivity index (χ0n) is 8.50.